The highest BCUT2D eigenvalue weighted by Gasteiger charge is 2.16. The summed E-state index contributed by atoms with van der Waals surface area (Å²) in [5.74, 6) is 0. The van der Waals surface area contributed by atoms with E-state index in [0.29, 0.717) is 11.7 Å². The van der Waals surface area contributed by atoms with E-state index in [9.17, 15) is 10.1 Å². The smallest absolute Gasteiger partial charge is 0.273 e. The summed E-state index contributed by atoms with van der Waals surface area (Å²) in [6, 6.07) is 3.35. The fraction of sp³-hybridized carbons (Fsp3) is 0.538. The number of nitro benzene ring substituents is 1. The van der Waals surface area contributed by atoms with E-state index in [0.717, 1.165) is 42.6 Å². The van der Waals surface area contributed by atoms with Gasteiger partial charge in [-0.15, -0.1) is 0 Å². The van der Waals surface area contributed by atoms with Gasteiger partial charge in [0.05, 0.1) is 11.0 Å². The minimum absolute atomic E-state index is 0.136. The first-order valence-corrected chi connectivity index (χ1v) is 7.17. The molecule has 1 saturated heterocycles. The van der Waals surface area contributed by atoms with E-state index in [-0.39, 0.29) is 10.6 Å². The predicted octanol–water partition coefficient (Wildman–Crippen LogP) is 3.65. The predicted molar refractivity (Wildman–Crippen MR) is 77.6 cm³/mol. The number of aryl methyl sites for hydroxylation is 1. The van der Waals surface area contributed by atoms with E-state index in [1.54, 1.807) is 19.1 Å². The third-order valence-electron chi connectivity index (χ3n) is 3.29. The second-order valence-electron chi connectivity index (χ2n) is 4.73. The minimum Gasteiger partial charge on any atom is -0.384 e. The first kappa shape index (κ1) is 14.3. The van der Waals surface area contributed by atoms with Gasteiger partial charge in [0, 0.05) is 34.9 Å². The average molecular weight is 329 g/mol. The maximum Gasteiger partial charge on any atom is 0.273 e. The molecule has 1 heterocycles. The third-order valence-corrected chi connectivity index (χ3v) is 3.94. The molecule has 0 bridgehead atoms. The number of nitrogens with zero attached hydrogens (tertiary/aromatic N) is 1. The maximum absolute atomic E-state index is 10.8. The molecule has 1 aliphatic rings. The Hall–Kier alpha value is -1.14. The van der Waals surface area contributed by atoms with Crippen LogP contribution in [0.25, 0.3) is 0 Å². The van der Waals surface area contributed by atoms with Crippen molar-refractivity contribution in [3.05, 3.63) is 32.3 Å². The van der Waals surface area contributed by atoms with Crippen LogP contribution in [0.5, 0.6) is 0 Å². The zero-order valence-electron chi connectivity index (χ0n) is 10.8. The van der Waals surface area contributed by atoms with Gasteiger partial charge in [0.2, 0.25) is 0 Å². The molecule has 1 N–H and O–H groups in total. The number of nitro groups is 1. The second kappa shape index (κ2) is 6.34. The Labute approximate surface area is 120 Å². The largest absolute Gasteiger partial charge is 0.384 e. The molecule has 2 rings (SSSR count). The normalized spacial score (nSPS) is 18.5. The van der Waals surface area contributed by atoms with Crippen molar-refractivity contribution < 1.29 is 9.66 Å². The van der Waals surface area contributed by atoms with Crippen molar-refractivity contribution in [2.45, 2.75) is 32.3 Å². The molecule has 1 aliphatic heterocycles. The highest BCUT2D eigenvalue weighted by molar-refractivity contribution is 9.10. The van der Waals surface area contributed by atoms with Gasteiger partial charge in [-0.2, -0.15) is 0 Å². The summed E-state index contributed by atoms with van der Waals surface area (Å²) in [7, 11) is 0. The van der Waals surface area contributed by atoms with Crippen LogP contribution in [0.1, 0.15) is 24.8 Å². The highest BCUT2D eigenvalue weighted by Crippen LogP contribution is 2.30. The number of benzene rings is 1. The second-order valence-corrected chi connectivity index (χ2v) is 5.58. The molecule has 104 valence electrons. The summed E-state index contributed by atoms with van der Waals surface area (Å²) in [6.45, 7) is 3.42. The Morgan fingerprint density at radius 3 is 3.00 bits per heavy atom. The summed E-state index contributed by atoms with van der Waals surface area (Å²) in [4.78, 5) is 10.5. The summed E-state index contributed by atoms with van der Waals surface area (Å²) in [6.07, 6.45) is 3.58. The van der Waals surface area contributed by atoms with Gasteiger partial charge >= 0.3 is 0 Å². The zero-order valence-corrected chi connectivity index (χ0v) is 12.4. The lowest BCUT2D eigenvalue weighted by molar-refractivity contribution is -0.385. The Morgan fingerprint density at radius 1 is 1.58 bits per heavy atom. The van der Waals surface area contributed by atoms with Crippen LogP contribution in [0.3, 0.4) is 0 Å². The molecule has 5 nitrogen and oxygen atoms in total. The molecular weight excluding hydrogens is 312 g/mol. The van der Waals surface area contributed by atoms with E-state index in [1.807, 2.05) is 0 Å². The molecule has 6 heteroatoms. The molecule has 0 radical (unpaired) electrons. The molecule has 1 atom stereocenters. The number of ether oxygens (including phenoxy) is 1. The van der Waals surface area contributed by atoms with Crippen molar-refractivity contribution in [2.24, 2.45) is 0 Å². The van der Waals surface area contributed by atoms with Gasteiger partial charge in [-0.25, -0.2) is 0 Å². The van der Waals surface area contributed by atoms with E-state index in [4.69, 9.17) is 4.74 Å². The molecular formula is C13H17BrN2O3. The number of anilines is 1. The minimum atomic E-state index is -0.365. The van der Waals surface area contributed by atoms with Gasteiger partial charge in [-0.3, -0.25) is 10.1 Å². The van der Waals surface area contributed by atoms with Gasteiger partial charge in [0.15, 0.2) is 0 Å². The molecule has 0 spiro atoms. The van der Waals surface area contributed by atoms with E-state index >= 15 is 0 Å². The van der Waals surface area contributed by atoms with Crippen molar-refractivity contribution >= 4 is 27.3 Å². The summed E-state index contributed by atoms with van der Waals surface area (Å²) in [5, 5.41) is 14.1. The van der Waals surface area contributed by atoms with Crippen molar-refractivity contribution in [2.75, 3.05) is 18.5 Å². The lowest BCUT2D eigenvalue weighted by atomic mass is 10.1. The third kappa shape index (κ3) is 3.67. The number of hydrogen-bond donors (Lipinski definition) is 1. The lowest BCUT2D eigenvalue weighted by Crippen LogP contribution is -2.12. The molecule has 0 amide bonds. The Morgan fingerprint density at radius 2 is 2.37 bits per heavy atom. The fourth-order valence-corrected chi connectivity index (χ4v) is 2.71. The first-order chi connectivity index (χ1) is 9.08. The summed E-state index contributed by atoms with van der Waals surface area (Å²) >= 11 is 3.37. The monoisotopic (exact) mass is 328 g/mol. The molecule has 1 aromatic carbocycles. The maximum atomic E-state index is 10.8. The van der Waals surface area contributed by atoms with Gasteiger partial charge < -0.3 is 10.1 Å². The van der Waals surface area contributed by atoms with E-state index in [1.165, 1.54) is 0 Å². The SMILES string of the molecule is Cc1cc(NCCC2CCCO2)c(Br)cc1[N+](=O)[O-]. The molecule has 1 aromatic rings. The van der Waals surface area contributed by atoms with Crippen LogP contribution in [0.15, 0.2) is 16.6 Å². The Bertz CT molecular complexity index is 473. The van der Waals surface area contributed by atoms with Crippen LogP contribution < -0.4 is 5.32 Å². The number of hydrogen-bond acceptors (Lipinski definition) is 4. The Balaban J connectivity index is 1.96. The lowest BCUT2D eigenvalue weighted by Gasteiger charge is -2.12. The number of halogens is 1. The molecule has 1 fully saturated rings. The van der Waals surface area contributed by atoms with Gasteiger partial charge in [-0.05, 0) is 48.2 Å². The van der Waals surface area contributed by atoms with Gasteiger partial charge in [0.25, 0.3) is 5.69 Å². The average Bonchev–Trinajstić information content (AvgIpc) is 2.85. The van der Waals surface area contributed by atoms with Crippen molar-refractivity contribution in [1.29, 1.82) is 0 Å². The highest BCUT2D eigenvalue weighted by atomic mass is 79.9. The first-order valence-electron chi connectivity index (χ1n) is 6.38. The fourth-order valence-electron chi connectivity index (χ4n) is 2.24. The van der Waals surface area contributed by atoms with Crippen molar-refractivity contribution in [3.63, 3.8) is 0 Å². The topological polar surface area (TPSA) is 64.4 Å². The zero-order chi connectivity index (χ0) is 13.8. The van der Waals surface area contributed by atoms with Crippen molar-refractivity contribution in [3.8, 4) is 0 Å². The summed E-state index contributed by atoms with van der Waals surface area (Å²) in [5.41, 5.74) is 1.69. The summed E-state index contributed by atoms with van der Waals surface area (Å²) < 4.78 is 6.27. The van der Waals surface area contributed by atoms with Crippen LogP contribution in [0.2, 0.25) is 0 Å². The van der Waals surface area contributed by atoms with E-state index in [2.05, 4.69) is 21.2 Å². The quantitative estimate of drug-likeness (QED) is 0.661. The van der Waals surface area contributed by atoms with Crippen LogP contribution in [-0.2, 0) is 4.74 Å². The molecule has 0 saturated carbocycles. The van der Waals surface area contributed by atoms with Gasteiger partial charge in [-0.1, -0.05) is 0 Å². The standard InChI is InChI=1S/C13H17BrN2O3/c1-9-7-12(11(14)8-13(9)16(17)18)15-5-4-10-3-2-6-19-10/h7-8,10,15H,2-6H2,1H3. The molecule has 19 heavy (non-hydrogen) atoms. The van der Waals surface area contributed by atoms with Crippen LogP contribution in [0, 0.1) is 17.0 Å². The van der Waals surface area contributed by atoms with Crippen LogP contribution >= 0.6 is 15.9 Å². The molecule has 1 unspecified atom stereocenters. The number of rotatable bonds is 5. The van der Waals surface area contributed by atoms with E-state index < -0.39 is 0 Å². The van der Waals surface area contributed by atoms with Crippen molar-refractivity contribution in [1.82, 2.24) is 0 Å². The molecule has 0 aromatic heterocycles. The Kier molecular flexibility index (Phi) is 4.76. The van der Waals surface area contributed by atoms with Gasteiger partial charge in [0.1, 0.15) is 0 Å². The number of nitrogens with one attached hydrogen (secondary N) is 1. The molecule has 0 aliphatic carbocycles. The van der Waals surface area contributed by atoms with Crippen LogP contribution in [-0.4, -0.2) is 24.2 Å². The van der Waals surface area contributed by atoms with Crippen LogP contribution in [0.4, 0.5) is 11.4 Å².